The molecule has 0 heterocycles. The summed E-state index contributed by atoms with van der Waals surface area (Å²) in [6.45, 7) is 0. The van der Waals surface area contributed by atoms with Crippen LogP contribution in [0.2, 0.25) is 0 Å². The summed E-state index contributed by atoms with van der Waals surface area (Å²) in [5.74, 6) is -0.764. The van der Waals surface area contributed by atoms with E-state index in [1.54, 1.807) is 0 Å². The Morgan fingerprint density at radius 3 is 2.65 bits per heavy atom. The Morgan fingerprint density at radius 1 is 1.25 bits per heavy atom. The van der Waals surface area contributed by atoms with E-state index >= 15 is 0 Å². The van der Waals surface area contributed by atoms with Gasteiger partial charge in [-0.05, 0) is 46.1 Å². The zero-order chi connectivity index (χ0) is 14.5. The lowest BCUT2D eigenvalue weighted by molar-refractivity contribution is -0.117. The Bertz CT molecular complexity index is 604. The molecule has 3 nitrogen and oxygen atoms in total. The van der Waals surface area contributed by atoms with Gasteiger partial charge in [-0.3, -0.25) is 4.79 Å². The second kappa shape index (κ2) is 6.63. The first-order chi connectivity index (χ1) is 9.56. The van der Waals surface area contributed by atoms with Gasteiger partial charge in [0.2, 0.25) is 5.91 Å². The molecule has 1 amide bonds. The molecule has 1 atom stereocenters. The zero-order valence-electron chi connectivity index (χ0n) is 10.6. The molecule has 2 aromatic carbocycles. The average Bonchev–Trinajstić information content (AvgIpc) is 2.44. The van der Waals surface area contributed by atoms with Crippen molar-refractivity contribution < 1.29 is 9.18 Å². The highest BCUT2D eigenvalue weighted by Crippen LogP contribution is 2.23. The van der Waals surface area contributed by atoms with E-state index in [0.29, 0.717) is 16.6 Å². The van der Waals surface area contributed by atoms with E-state index < -0.39 is 11.9 Å². The minimum Gasteiger partial charge on any atom is -0.324 e. The van der Waals surface area contributed by atoms with Gasteiger partial charge in [0.15, 0.2) is 0 Å². The molecular formula is C15H14BrFN2O. The SMILES string of the molecule is NC(Cc1ccccc1)C(=O)Nc1cc(F)ccc1Br. The smallest absolute Gasteiger partial charge is 0.241 e. The first-order valence-corrected chi connectivity index (χ1v) is 6.91. The van der Waals surface area contributed by atoms with Crippen molar-refractivity contribution in [2.45, 2.75) is 12.5 Å². The van der Waals surface area contributed by atoms with Gasteiger partial charge in [0.1, 0.15) is 5.82 Å². The topological polar surface area (TPSA) is 55.1 Å². The van der Waals surface area contributed by atoms with Crippen LogP contribution in [0.5, 0.6) is 0 Å². The van der Waals surface area contributed by atoms with Crippen molar-refractivity contribution in [3.05, 3.63) is 64.4 Å². The molecule has 0 fully saturated rings. The number of hydrogen-bond donors (Lipinski definition) is 2. The summed E-state index contributed by atoms with van der Waals surface area (Å²) in [6, 6.07) is 12.9. The highest BCUT2D eigenvalue weighted by Gasteiger charge is 2.15. The molecule has 0 aliphatic rings. The highest BCUT2D eigenvalue weighted by molar-refractivity contribution is 9.10. The first kappa shape index (κ1) is 14.7. The molecule has 20 heavy (non-hydrogen) atoms. The number of halogens is 2. The first-order valence-electron chi connectivity index (χ1n) is 6.11. The van der Waals surface area contributed by atoms with E-state index in [1.807, 2.05) is 30.3 Å². The highest BCUT2D eigenvalue weighted by atomic mass is 79.9. The number of carbonyl (C=O) groups is 1. The number of carbonyl (C=O) groups excluding carboxylic acids is 1. The van der Waals surface area contributed by atoms with Crippen LogP contribution in [0.4, 0.5) is 10.1 Å². The Hall–Kier alpha value is -1.72. The van der Waals surface area contributed by atoms with E-state index in [1.165, 1.54) is 18.2 Å². The maximum atomic E-state index is 13.1. The lowest BCUT2D eigenvalue weighted by atomic mass is 10.1. The van der Waals surface area contributed by atoms with Crippen LogP contribution in [-0.4, -0.2) is 11.9 Å². The maximum absolute atomic E-state index is 13.1. The zero-order valence-corrected chi connectivity index (χ0v) is 12.2. The molecule has 0 aliphatic heterocycles. The van der Waals surface area contributed by atoms with Gasteiger partial charge >= 0.3 is 0 Å². The molecule has 1 unspecified atom stereocenters. The predicted octanol–water partition coefficient (Wildman–Crippen LogP) is 3.10. The third kappa shape index (κ3) is 3.88. The molecule has 0 aliphatic carbocycles. The number of benzene rings is 2. The lowest BCUT2D eigenvalue weighted by Gasteiger charge is -2.13. The maximum Gasteiger partial charge on any atom is 0.241 e. The van der Waals surface area contributed by atoms with Gasteiger partial charge in [-0.1, -0.05) is 30.3 Å². The molecule has 104 valence electrons. The van der Waals surface area contributed by atoms with E-state index in [-0.39, 0.29) is 5.91 Å². The van der Waals surface area contributed by atoms with Gasteiger partial charge in [0.25, 0.3) is 0 Å². The number of amides is 1. The van der Waals surface area contributed by atoms with Crippen LogP contribution in [-0.2, 0) is 11.2 Å². The molecule has 2 aromatic rings. The van der Waals surface area contributed by atoms with Crippen LogP contribution in [0, 0.1) is 5.82 Å². The van der Waals surface area contributed by atoms with Crippen LogP contribution >= 0.6 is 15.9 Å². The van der Waals surface area contributed by atoms with Crippen molar-refractivity contribution in [1.29, 1.82) is 0 Å². The largest absolute Gasteiger partial charge is 0.324 e. The standard InChI is InChI=1S/C15H14BrFN2O/c16-12-7-6-11(17)9-14(12)19-15(20)13(18)8-10-4-2-1-3-5-10/h1-7,9,13H,8,18H2,(H,19,20). The summed E-state index contributed by atoms with van der Waals surface area (Å²) in [5.41, 5.74) is 7.22. The Labute approximate surface area is 125 Å². The monoisotopic (exact) mass is 336 g/mol. The Kier molecular flexibility index (Phi) is 4.87. The summed E-state index contributed by atoms with van der Waals surface area (Å²) in [4.78, 5) is 12.0. The van der Waals surface area contributed by atoms with E-state index in [9.17, 15) is 9.18 Å². The predicted molar refractivity (Wildman–Crippen MR) is 80.9 cm³/mol. The molecule has 0 bridgehead atoms. The molecule has 0 spiro atoms. The summed E-state index contributed by atoms with van der Waals surface area (Å²) < 4.78 is 13.8. The number of rotatable bonds is 4. The average molecular weight is 337 g/mol. The van der Waals surface area contributed by atoms with E-state index in [4.69, 9.17) is 5.73 Å². The number of anilines is 1. The van der Waals surface area contributed by atoms with Gasteiger partial charge in [-0.25, -0.2) is 4.39 Å². The fourth-order valence-corrected chi connectivity index (χ4v) is 2.13. The van der Waals surface area contributed by atoms with Crippen molar-refractivity contribution in [3.63, 3.8) is 0 Å². The van der Waals surface area contributed by atoms with Crippen molar-refractivity contribution in [1.82, 2.24) is 0 Å². The minimum absolute atomic E-state index is 0.347. The van der Waals surface area contributed by atoms with Crippen LogP contribution in [0.25, 0.3) is 0 Å². The van der Waals surface area contributed by atoms with Crippen molar-refractivity contribution in [3.8, 4) is 0 Å². The Morgan fingerprint density at radius 2 is 1.95 bits per heavy atom. The van der Waals surface area contributed by atoms with Gasteiger partial charge in [0, 0.05) is 4.47 Å². The van der Waals surface area contributed by atoms with Crippen molar-refractivity contribution >= 4 is 27.5 Å². The summed E-state index contributed by atoms with van der Waals surface area (Å²) >= 11 is 3.25. The normalized spacial score (nSPS) is 11.9. The molecule has 0 saturated heterocycles. The molecule has 0 saturated carbocycles. The fraction of sp³-hybridized carbons (Fsp3) is 0.133. The molecular weight excluding hydrogens is 323 g/mol. The summed E-state index contributed by atoms with van der Waals surface area (Å²) in [6.07, 6.45) is 0.430. The molecule has 5 heteroatoms. The second-order valence-electron chi connectivity index (χ2n) is 4.41. The number of nitrogens with two attached hydrogens (primary N) is 1. The second-order valence-corrected chi connectivity index (χ2v) is 5.26. The quantitative estimate of drug-likeness (QED) is 0.901. The fourth-order valence-electron chi connectivity index (χ4n) is 1.78. The molecule has 2 rings (SSSR count). The van der Waals surface area contributed by atoms with Gasteiger partial charge < -0.3 is 11.1 Å². The van der Waals surface area contributed by atoms with Crippen molar-refractivity contribution in [2.75, 3.05) is 5.32 Å². The van der Waals surface area contributed by atoms with E-state index in [0.717, 1.165) is 5.56 Å². The van der Waals surface area contributed by atoms with Crippen molar-refractivity contribution in [2.24, 2.45) is 5.73 Å². The number of nitrogens with one attached hydrogen (secondary N) is 1. The van der Waals surface area contributed by atoms with Gasteiger partial charge in [0.05, 0.1) is 11.7 Å². The summed E-state index contributed by atoms with van der Waals surface area (Å²) in [7, 11) is 0. The van der Waals surface area contributed by atoms with Crippen LogP contribution in [0.1, 0.15) is 5.56 Å². The Balaban J connectivity index is 2.02. The molecule has 0 radical (unpaired) electrons. The van der Waals surface area contributed by atoms with Gasteiger partial charge in [-0.2, -0.15) is 0 Å². The van der Waals surface area contributed by atoms with Crippen LogP contribution in [0.3, 0.4) is 0 Å². The third-order valence-electron chi connectivity index (χ3n) is 2.82. The van der Waals surface area contributed by atoms with Crippen LogP contribution in [0.15, 0.2) is 53.0 Å². The lowest BCUT2D eigenvalue weighted by Crippen LogP contribution is -2.37. The minimum atomic E-state index is -0.687. The van der Waals surface area contributed by atoms with Crippen LogP contribution < -0.4 is 11.1 Å². The molecule has 0 aromatic heterocycles. The summed E-state index contributed by atoms with van der Waals surface area (Å²) in [5, 5.41) is 2.62. The van der Waals surface area contributed by atoms with Gasteiger partial charge in [-0.15, -0.1) is 0 Å². The number of hydrogen-bond acceptors (Lipinski definition) is 2. The molecule has 3 N–H and O–H groups in total. The third-order valence-corrected chi connectivity index (χ3v) is 3.51. The van der Waals surface area contributed by atoms with E-state index in [2.05, 4.69) is 21.2 Å².